The molecule has 1 N–H and O–H groups in total. The fourth-order valence-corrected chi connectivity index (χ4v) is 3.24. The summed E-state index contributed by atoms with van der Waals surface area (Å²) in [6.07, 6.45) is 0. The maximum absolute atomic E-state index is 12.0. The van der Waals surface area contributed by atoms with Gasteiger partial charge < -0.3 is 9.73 Å². The van der Waals surface area contributed by atoms with E-state index in [0.717, 1.165) is 16.6 Å². The molecule has 0 aliphatic carbocycles. The highest BCUT2D eigenvalue weighted by Crippen LogP contribution is 2.30. The molecule has 118 valence electrons. The average Bonchev–Trinajstić information content (AvgIpc) is 3.20. The highest BCUT2D eigenvalue weighted by molar-refractivity contribution is 7.99. The molecule has 0 radical (unpaired) electrons. The van der Waals surface area contributed by atoms with Crippen LogP contribution in [0.3, 0.4) is 0 Å². The molecule has 23 heavy (non-hydrogen) atoms. The van der Waals surface area contributed by atoms with E-state index in [4.69, 9.17) is 27.6 Å². The van der Waals surface area contributed by atoms with Gasteiger partial charge >= 0.3 is 0 Å². The van der Waals surface area contributed by atoms with Crippen molar-refractivity contribution >= 4 is 57.9 Å². The number of carbonyl (C=O) groups excluding carboxylic acids is 1. The van der Waals surface area contributed by atoms with Crippen molar-refractivity contribution in [2.75, 3.05) is 11.1 Å². The van der Waals surface area contributed by atoms with Crippen LogP contribution in [-0.2, 0) is 4.79 Å². The van der Waals surface area contributed by atoms with Crippen molar-refractivity contribution in [2.45, 2.75) is 5.22 Å². The van der Waals surface area contributed by atoms with Crippen molar-refractivity contribution in [3.05, 3.63) is 45.8 Å². The van der Waals surface area contributed by atoms with Gasteiger partial charge in [-0.3, -0.25) is 4.79 Å². The summed E-state index contributed by atoms with van der Waals surface area (Å²) in [4.78, 5) is 12.9. The van der Waals surface area contributed by atoms with Gasteiger partial charge in [0.05, 0.1) is 26.4 Å². The molecule has 0 atom stereocenters. The van der Waals surface area contributed by atoms with E-state index in [0.29, 0.717) is 26.8 Å². The molecule has 0 spiro atoms. The number of anilines is 1. The second-order valence-corrected chi connectivity index (χ2v) is 6.95. The zero-order valence-corrected chi connectivity index (χ0v) is 14.6. The minimum Gasteiger partial charge on any atom is -0.410 e. The third kappa shape index (κ3) is 4.06. The van der Waals surface area contributed by atoms with Gasteiger partial charge in [0, 0.05) is 0 Å². The molecule has 0 unspecified atom stereocenters. The molecule has 0 saturated carbocycles. The summed E-state index contributed by atoms with van der Waals surface area (Å²) >= 11 is 14.6. The molecule has 0 bridgehead atoms. The number of amides is 1. The molecule has 1 aromatic carbocycles. The SMILES string of the molecule is O=C(CSc1nnc(-c2cccs2)o1)Nc1cccc(Cl)c1Cl. The van der Waals surface area contributed by atoms with Crippen molar-refractivity contribution in [1.29, 1.82) is 0 Å². The minimum absolute atomic E-state index is 0.120. The molecule has 0 aliphatic rings. The van der Waals surface area contributed by atoms with Crippen molar-refractivity contribution in [3.8, 4) is 10.8 Å². The van der Waals surface area contributed by atoms with E-state index in [1.165, 1.54) is 11.3 Å². The van der Waals surface area contributed by atoms with Gasteiger partial charge in [0.2, 0.25) is 5.91 Å². The second-order valence-electron chi connectivity index (χ2n) is 4.29. The molecule has 0 fully saturated rings. The van der Waals surface area contributed by atoms with Crippen molar-refractivity contribution in [2.24, 2.45) is 0 Å². The Morgan fingerprint density at radius 1 is 1.26 bits per heavy atom. The molecule has 0 saturated heterocycles. The second kappa shape index (κ2) is 7.35. The van der Waals surface area contributed by atoms with Crippen LogP contribution in [0.25, 0.3) is 10.8 Å². The fraction of sp³-hybridized carbons (Fsp3) is 0.0714. The van der Waals surface area contributed by atoms with E-state index in [1.807, 2.05) is 17.5 Å². The Morgan fingerprint density at radius 2 is 2.13 bits per heavy atom. The summed E-state index contributed by atoms with van der Waals surface area (Å²) in [5, 5.41) is 13.5. The number of rotatable bonds is 5. The van der Waals surface area contributed by atoms with Gasteiger partial charge in [0.15, 0.2) is 0 Å². The molecular formula is C14H9Cl2N3O2S2. The monoisotopic (exact) mass is 385 g/mol. The summed E-state index contributed by atoms with van der Waals surface area (Å²) in [5.74, 6) is 0.324. The Labute approximate surface area is 150 Å². The Kier molecular flexibility index (Phi) is 5.22. The summed E-state index contributed by atoms with van der Waals surface area (Å²) in [6, 6.07) is 8.83. The summed E-state index contributed by atoms with van der Waals surface area (Å²) in [7, 11) is 0. The van der Waals surface area contributed by atoms with Gasteiger partial charge in [0.1, 0.15) is 0 Å². The Hall–Kier alpha value is -1.54. The van der Waals surface area contributed by atoms with E-state index >= 15 is 0 Å². The van der Waals surface area contributed by atoms with Crippen LogP contribution in [0, 0.1) is 0 Å². The van der Waals surface area contributed by atoms with Crippen molar-refractivity contribution < 1.29 is 9.21 Å². The van der Waals surface area contributed by atoms with Crippen LogP contribution in [0.5, 0.6) is 0 Å². The average molecular weight is 386 g/mol. The van der Waals surface area contributed by atoms with Gasteiger partial charge in [-0.1, -0.05) is 47.1 Å². The number of thiophene rings is 1. The molecule has 1 amide bonds. The third-order valence-corrected chi connectivity index (χ3v) is 5.19. The van der Waals surface area contributed by atoms with Crippen LogP contribution in [0.15, 0.2) is 45.4 Å². The number of thioether (sulfide) groups is 1. The van der Waals surface area contributed by atoms with Gasteiger partial charge in [-0.25, -0.2) is 0 Å². The lowest BCUT2D eigenvalue weighted by atomic mass is 10.3. The molecule has 2 aromatic heterocycles. The lowest BCUT2D eigenvalue weighted by molar-refractivity contribution is -0.113. The standard InChI is InChI=1S/C14H9Cl2N3O2S2/c15-8-3-1-4-9(12(8)16)17-11(20)7-23-14-19-18-13(21-14)10-5-2-6-22-10/h1-6H,7H2,(H,17,20). The van der Waals surface area contributed by atoms with E-state index < -0.39 is 0 Å². The molecule has 3 rings (SSSR count). The van der Waals surface area contributed by atoms with E-state index in [-0.39, 0.29) is 11.7 Å². The smallest absolute Gasteiger partial charge is 0.277 e. The zero-order valence-electron chi connectivity index (χ0n) is 11.5. The number of nitrogens with one attached hydrogen (secondary N) is 1. The lowest BCUT2D eigenvalue weighted by Crippen LogP contribution is -2.14. The highest BCUT2D eigenvalue weighted by Gasteiger charge is 2.13. The Bertz CT molecular complexity index is 821. The maximum Gasteiger partial charge on any atom is 0.277 e. The first kappa shape index (κ1) is 16.3. The van der Waals surface area contributed by atoms with Crippen LogP contribution in [0.4, 0.5) is 5.69 Å². The summed E-state index contributed by atoms with van der Waals surface area (Å²) < 4.78 is 5.50. The normalized spacial score (nSPS) is 10.7. The largest absolute Gasteiger partial charge is 0.410 e. The molecule has 5 nitrogen and oxygen atoms in total. The molecule has 9 heteroatoms. The number of carbonyl (C=O) groups is 1. The Balaban J connectivity index is 1.58. The number of nitrogens with zero attached hydrogens (tertiary/aromatic N) is 2. The van der Waals surface area contributed by atoms with Gasteiger partial charge in [0.25, 0.3) is 11.1 Å². The van der Waals surface area contributed by atoms with Gasteiger partial charge in [-0.15, -0.1) is 21.5 Å². The number of benzene rings is 1. The molecule has 2 heterocycles. The van der Waals surface area contributed by atoms with Crippen LogP contribution in [-0.4, -0.2) is 21.9 Å². The molecule has 0 aliphatic heterocycles. The maximum atomic E-state index is 12.0. The van der Waals surface area contributed by atoms with Crippen LogP contribution >= 0.6 is 46.3 Å². The highest BCUT2D eigenvalue weighted by atomic mass is 35.5. The number of hydrogen-bond donors (Lipinski definition) is 1. The van der Waals surface area contributed by atoms with Crippen molar-refractivity contribution in [1.82, 2.24) is 10.2 Å². The van der Waals surface area contributed by atoms with Crippen LogP contribution in [0.2, 0.25) is 10.0 Å². The first-order valence-electron chi connectivity index (χ1n) is 6.37. The van der Waals surface area contributed by atoms with Crippen molar-refractivity contribution in [3.63, 3.8) is 0 Å². The summed E-state index contributed by atoms with van der Waals surface area (Å²) in [6.45, 7) is 0. The number of aromatic nitrogens is 2. The third-order valence-electron chi connectivity index (χ3n) is 2.69. The molecular weight excluding hydrogens is 377 g/mol. The Morgan fingerprint density at radius 3 is 2.91 bits per heavy atom. The fourth-order valence-electron chi connectivity index (χ4n) is 1.68. The zero-order chi connectivity index (χ0) is 16.2. The van der Waals surface area contributed by atoms with Gasteiger partial charge in [-0.05, 0) is 23.6 Å². The van der Waals surface area contributed by atoms with Crippen LogP contribution in [0.1, 0.15) is 0 Å². The lowest BCUT2D eigenvalue weighted by Gasteiger charge is -2.07. The van der Waals surface area contributed by atoms with E-state index in [1.54, 1.807) is 18.2 Å². The number of hydrogen-bond acceptors (Lipinski definition) is 6. The first-order chi connectivity index (χ1) is 11.1. The first-order valence-corrected chi connectivity index (χ1v) is 8.99. The quantitative estimate of drug-likeness (QED) is 0.636. The topological polar surface area (TPSA) is 68.0 Å². The minimum atomic E-state index is -0.241. The van der Waals surface area contributed by atoms with E-state index in [2.05, 4.69) is 15.5 Å². The van der Waals surface area contributed by atoms with E-state index in [9.17, 15) is 4.79 Å². The van der Waals surface area contributed by atoms with Crippen LogP contribution < -0.4 is 5.32 Å². The summed E-state index contributed by atoms with van der Waals surface area (Å²) in [5.41, 5.74) is 0.467. The predicted octanol–water partition coefficient (Wildman–Crippen LogP) is 4.84. The van der Waals surface area contributed by atoms with Gasteiger partial charge in [-0.2, -0.15) is 0 Å². The predicted molar refractivity (Wildman–Crippen MR) is 93.4 cm³/mol. The number of halogens is 2. The molecule has 3 aromatic rings.